The lowest BCUT2D eigenvalue weighted by molar-refractivity contribution is 0.0875. The Bertz CT molecular complexity index is 2510. The number of para-hydroxylation sites is 2. The minimum absolute atomic E-state index is 0.0115. The number of carbonyl (C=O) groups is 2. The Labute approximate surface area is 279 Å². The minimum Gasteiger partial charge on any atom is -0.278 e. The average molecular weight is 625 g/mol. The van der Waals surface area contributed by atoms with Crippen molar-refractivity contribution in [1.29, 1.82) is 0 Å². The third-order valence-corrected chi connectivity index (χ3v) is 9.88. The largest absolute Gasteiger partial charge is 0.278 e. The molecular formula is C44H36N2O2. The third-order valence-electron chi connectivity index (χ3n) is 9.88. The van der Waals surface area contributed by atoms with Crippen molar-refractivity contribution in [1.82, 2.24) is 9.13 Å². The van der Waals surface area contributed by atoms with E-state index in [0.29, 0.717) is 6.42 Å². The molecule has 0 radical (unpaired) electrons. The maximum absolute atomic E-state index is 14.8. The van der Waals surface area contributed by atoms with Crippen LogP contribution in [-0.4, -0.2) is 20.9 Å². The molecule has 2 aromatic carbocycles. The van der Waals surface area contributed by atoms with Crippen LogP contribution in [0.5, 0.6) is 0 Å². The van der Waals surface area contributed by atoms with Crippen molar-refractivity contribution < 1.29 is 9.59 Å². The lowest BCUT2D eigenvalue weighted by Gasteiger charge is -2.16. The third kappa shape index (κ3) is 4.92. The first-order valence-corrected chi connectivity index (χ1v) is 16.7. The van der Waals surface area contributed by atoms with Crippen LogP contribution in [0, 0.1) is 22.5 Å². The first-order valence-electron chi connectivity index (χ1n) is 16.7. The standard InChI is InChI=1S/C44H36N2O2/c1-29(31-15-3-4-16-31)27-39(47)45-37-25-13-11-23-35(37)41(33-19-7-8-20-33)43(45)44-42(34-21-9-10-22-34)36-24-12-14-26-38(36)46(44)40(48)28-30(2)32-17-5-6-18-32/h3-26,29,31H,27-28H2,1-2H3/b44-43+. The molecule has 0 amide bonds. The molecule has 0 aliphatic heterocycles. The van der Waals surface area contributed by atoms with Gasteiger partial charge in [-0.05, 0) is 47.6 Å². The molecule has 0 fully saturated rings. The Morgan fingerprint density at radius 1 is 0.625 bits per heavy atom. The molecule has 0 saturated heterocycles. The van der Waals surface area contributed by atoms with Crippen LogP contribution >= 0.6 is 0 Å². The van der Waals surface area contributed by atoms with Gasteiger partial charge in [0.1, 0.15) is 0 Å². The van der Waals surface area contributed by atoms with Crippen molar-refractivity contribution in [2.45, 2.75) is 26.7 Å². The van der Waals surface area contributed by atoms with Gasteiger partial charge in [-0.3, -0.25) is 18.7 Å². The summed E-state index contributed by atoms with van der Waals surface area (Å²) in [5, 5.41) is 5.37. The number of rotatable bonds is 5. The molecule has 1 atom stereocenters. The zero-order valence-electron chi connectivity index (χ0n) is 27.1. The van der Waals surface area contributed by atoms with Crippen molar-refractivity contribution in [2.24, 2.45) is 11.8 Å². The molecule has 0 bridgehead atoms. The Balaban J connectivity index is 1.59. The molecule has 0 N–H and O–H groups in total. The summed E-state index contributed by atoms with van der Waals surface area (Å²) in [5.74, 6) is 0.284. The van der Waals surface area contributed by atoms with Crippen LogP contribution in [0.15, 0.2) is 157 Å². The van der Waals surface area contributed by atoms with E-state index in [9.17, 15) is 9.59 Å². The van der Waals surface area contributed by atoms with Crippen molar-refractivity contribution >= 4 is 44.8 Å². The molecule has 4 aliphatic carbocycles. The monoisotopic (exact) mass is 624 g/mol. The Kier molecular flexibility index (Phi) is 7.49. The van der Waals surface area contributed by atoms with Crippen LogP contribution in [0.25, 0.3) is 33.0 Å². The zero-order valence-corrected chi connectivity index (χ0v) is 27.1. The fourth-order valence-corrected chi connectivity index (χ4v) is 7.51. The van der Waals surface area contributed by atoms with E-state index >= 15 is 0 Å². The molecule has 4 nitrogen and oxygen atoms in total. The van der Waals surface area contributed by atoms with Crippen molar-refractivity contribution in [2.75, 3.05) is 0 Å². The first-order chi connectivity index (χ1) is 23.5. The Morgan fingerprint density at radius 2 is 1.08 bits per heavy atom. The highest BCUT2D eigenvalue weighted by molar-refractivity contribution is 5.98. The number of nitrogens with zero attached hydrogens (tertiary/aromatic N) is 2. The SMILES string of the molecule is CC(CC(=O)n1/c(=c2\c(=C3C=CC=C3)c3ccccc3n2C(=O)CC(C)C2C=CC=C2)c(=C2C=CC=C2)c2ccccc21)=C1C=CC=C1. The normalized spacial score (nSPS) is 17.5. The summed E-state index contributed by atoms with van der Waals surface area (Å²) in [6.45, 7) is 4.17. The summed E-state index contributed by atoms with van der Waals surface area (Å²) < 4.78 is 3.80. The van der Waals surface area contributed by atoms with E-state index in [1.54, 1.807) is 0 Å². The number of fused-ring (bicyclic) bond motifs is 2. The van der Waals surface area contributed by atoms with Gasteiger partial charge < -0.3 is 0 Å². The average Bonchev–Trinajstić information content (AvgIpc) is 3.93. The molecule has 0 spiro atoms. The first kappa shape index (κ1) is 29.6. The van der Waals surface area contributed by atoms with E-state index in [1.165, 1.54) is 0 Å². The van der Waals surface area contributed by atoms with E-state index in [2.05, 4.69) is 67.7 Å². The van der Waals surface area contributed by atoms with Gasteiger partial charge in [-0.2, -0.15) is 0 Å². The lowest BCUT2D eigenvalue weighted by Crippen LogP contribution is -2.23. The minimum atomic E-state index is -0.0370. The summed E-state index contributed by atoms with van der Waals surface area (Å²) in [7, 11) is 0. The quantitative estimate of drug-likeness (QED) is 0.224. The lowest BCUT2D eigenvalue weighted by atomic mass is 9.92. The maximum Gasteiger partial charge on any atom is 0.235 e. The molecule has 48 heavy (non-hydrogen) atoms. The molecular weight excluding hydrogens is 588 g/mol. The molecule has 0 saturated carbocycles. The number of aromatic nitrogens is 2. The van der Waals surface area contributed by atoms with Crippen molar-refractivity contribution in [3.8, 4) is 0 Å². The molecule has 234 valence electrons. The van der Waals surface area contributed by atoms with E-state index in [-0.39, 0.29) is 30.1 Å². The summed E-state index contributed by atoms with van der Waals surface area (Å²) in [5.41, 5.74) is 5.76. The highest BCUT2D eigenvalue weighted by Crippen LogP contribution is 2.26. The number of hydrogen-bond acceptors (Lipinski definition) is 2. The van der Waals surface area contributed by atoms with E-state index in [4.69, 9.17) is 0 Å². The van der Waals surface area contributed by atoms with Crippen LogP contribution < -0.4 is 10.4 Å². The zero-order chi connectivity index (χ0) is 32.8. The second-order valence-electron chi connectivity index (χ2n) is 12.9. The smallest absolute Gasteiger partial charge is 0.235 e. The molecule has 8 rings (SSSR count). The predicted molar refractivity (Wildman–Crippen MR) is 197 cm³/mol. The molecule has 4 aliphatic rings. The molecule has 2 aromatic heterocycles. The van der Waals surface area contributed by atoms with Gasteiger partial charge in [0.05, 0.1) is 21.7 Å². The van der Waals surface area contributed by atoms with E-state index in [0.717, 1.165) is 65.2 Å². The molecule has 1 unspecified atom stereocenters. The fraction of sp³-hybridized carbons (Fsp3) is 0.136. The van der Waals surface area contributed by atoms with Crippen molar-refractivity contribution in [3.05, 3.63) is 178 Å². The fourth-order valence-electron chi connectivity index (χ4n) is 7.51. The number of hydrogen-bond donors (Lipinski definition) is 0. The highest BCUT2D eigenvalue weighted by atomic mass is 16.2. The summed E-state index contributed by atoms with van der Waals surface area (Å²) in [6.07, 6.45) is 33.7. The van der Waals surface area contributed by atoms with Gasteiger partial charge in [-0.15, -0.1) is 0 Å². The van der Waals surface area contributed by atoms with Gasteiger partial charge >= 0.3 is 0 Å². The van der Waals surface area contributed by atoms with E-state index in [1.807, 2.05) is 101 Å². The highest BCUT2D eigenvalue weighted by Gasteiger charge is 2.25. The van der Waals surface area contributed by atoms with Crippen LogP contribution in [0.2, 0.25) is 0 Å². The van der Waals surface area contributed by atoms with Gasteiger partial charge in [0.25, 0.3) is 0 Å². The number of allylic oxidation sites excluding steroid dienone is 18. The topological polar surface area (TPSA) is 44.0 Å². The van der Waals surface area contributed by atoms with Gasteiger partial charge in [0.15, 0.2) is 0 Å². The maximum atomic E-state index is 14.8. The molecule has 4 aromatic rings. The van der Waals surface area contributed by atoms with Crippen LogP contribution in [0.3, 0.4) is 0 Å². The second kappa shape index (κ2) is 12.1. The van der Waals surface area contributed by atoms with Crippen LogP contribution in [0.4, 0.5) is 0 Å². The second-order valence-corrected chi connectivity index (χ2v) is 12.9. The van der Waals surface area contributed by atoms with E-state index < -0.39 is 0 Å². The van der Waals surface area contributed by atoms with Gasteiger partial charge in [-0.1, -0.05) is 146 Å². The molecule has 4 heteroatoms. The summed E-state index contributed by atoms with van der Waals surface area (Å²) >= 11 is 0. The van der Waals surface area contributed by atoms with Crippen molar-refractivity contribution in [3.63, 3.8) is 0 Å². The van der Waals surface area contributed by atoms with Gasteiger partial charge in [0, 0.05) is 34.1 Å². The van der Waals surface area contributed by atoms with Gasteiger partial charge in [0.2, 0.25) is 11.8 Å². The Hall–Kier alpha value is -5.74. The van der Waals surface area contributed by atoms with Gasteiger partial charge in [-0.25, -0.2) is 0 Å². The number of benzene rings is 2. The predicted octanol–water partition coefficient (Wildman–Crippen LogP) is 8.32. The molecule has 2 heterocycles. The van der Waals surface area contributed by atoms with Crippen LogP contribution in [-0.2, 0) is 0 Å². The Morgan fingerprint density at radius 3 is 1.60 bits per heavy atom. The number of carbonyl (C=O) groups excluding carboxylic acids is 2. The summed E-state index contributed by atoms with van der Waals surface area (Å²) in [4.78, 5) is 29.7. The van der Waals surface area contributed by atoms with Crippen LogP contribution in [0.1, 0.15) is 36.3 Å². The summed E-state index contributed by atoms with van der Waals surface area (Å²) in [6, 6.07) is 16.3.